The lowest BCUT2D eigenvalue weighted by atomic mass is 9.51. The van der Waals surface area contributed by atoms with Crippen LogP contribution in [-0.4, -0.2) is 0 Å². The van der Waals surface area contributed by atoms with Crippen molar-refractivity contribution in [1.29, 1.82) is 5.26 Å². The van der Waals surface area contributed by atoms with Crippen molar-refractivity contribution in [3.05, 3.63) is 189 Å². The Balaban J connectivity index is 1.30. The van der Waals surface area contributed by atoms with Gasteiger partial charge in [-0.05, 0) is 114 Å². The quantitative estimate of drug-likeness (QED) is 0.166. The van der Waals surface area contributed by atoms with Crippen molar-refractivity contribution < 1.29 is 0 Å². The van der Waals surface area contributed by atoms with Crippen molar-refractivity contribution in [3.8, 4) is 39.4 Å². The van der Waals surface area contributed by atoms with Crippen LogP contribution in [0.15, 0.2) is 143 Å². The van der Waals surface area contributed by atoms with Gasteiger partial charge in [-0.2, -0.15) is 5.26 Å². The van der Waals surface area contributed by atoms with Crippen LogP contribution >= 0.6 is 11.8 Å². The summed E-state index contributed by atoms with van der Waals surface area (Å²) < 4.78 is 0. The van der Waals surface area contributed by atoms with E-state index in [-0.39, 0.29) is 10.8 Å². The smallest absolute Gasteiger partial charge is 0.215 e. The van der Waals surface area contributed by atoms with E-state index in [0.29, 0.717) is 16.9 Å². The maximum Gasteiger partial charge on any atom is 0.215 e. The third-order valence-corrected chi connectivity index (χ3v) is 16.1. The normalized spacial score (nSPS) is 16.0. The number of anilines is 3. The van der Waals surface area contributed by atoms with Gasteiger partial charge in [0, 0.05) is 26.0 Å². The fraction of sp³-hybridized carbons (Fsp3) is 0.267. The fourth-order valence-corrected chi connectivity index (χ4v) is 13.3. The number of fused-ring (bicyclic) bond motifs is 8. The second-order valence-electron chi connectivity index (χ2n) is 21.2. The zero-order valence-corrected chi connectivity index (χ0v) is 39.8. The van der Waals surface area contributed by atoms with Crippen molar-refractivity contribution in [1.82, 2.24) is 0 Å². The summed E-state index contributed by atoms with van der Waals surface area (Å²) >= 11 is 1.76. The first-order valence-corrected chi connectivity index (χ1v) is 23.3. The van der Waals surface area contributed by atoms with Gasteiger partial charge in [0.1, 0.15) is 6.07 Å². The number of nitriles is 1. The Hall–Kier alpha value is -6.33. The van der Waals surface area contributed by atoms with E-state index in [4.69, 9.17) is 6.57 Å². The van der Waals surface area contributed by atoms with Crippen molar-refractivity contribution in [2.24, 2.45) is 0 Å². The number of hydrogen-bond acceptors (Lipinski definition) is 3. The molecule has 1 heterocycles. The summed E-state index contributed by atoms with van der Waals surface area (Å²) in [5.74, 6) is 0. The average molecular weight is 850 g/mol. The van der Waals surface area contributed by atoms with Gasteiger partial charge < -0.3 is 4.90 Å². The lowest BCUT2D eigenvalue weighted by molar-refractivity contribution is 0.230. The van der Waals surface area contributed by atoms with Crippen LogP contribution in [0.4, 0.5) is 22.7 Å². The first kappa shape index (κ1) is 41.7. The van der Waals surface area contributed by atoms with E-state index in [1.165, 1.54) is 33.4 Å². The van der Waals surface area contributed by atoms with Crippen LogP contribution in [0.25, 0.3) is 38.2 Å². The average Bonchev–Trinajstić information content (AvgIpc) is 3.66. The van der Waals surface area contributed by atoms with Crippen molar-refractivity contribution >= 4 is 34.5 Å². The third kappa shape index (κ3) is 5.65. The highest BCUT2D eigenvalue weighted by Crippen LogP contribution is 2.73. The molecule has 0 amide bonds. The zero-order valence-electron chi connectivity index (χ0n) is 39.0. The Kier molecular flexibility index (Phi) is 9.17. The summed E-state index contributed by atoms with van der Waals surface area (Å²) in [4.78, 5) is 8.88. The summed E-state index contributed by atoms with van der Waals surface area (Å²) in [5.41, 5.74) is 17.2. The molecule has 0 radical (unpaired) electrons. The van der Waals surface area contributed by atoms with Crippen LogP contribution in [0.2, 0.25) is 0 Å². The predicted octanol–water partition coefficient (Wildman–Crippen LogP) is 16.8. The van der Waals surface area contributed by atoms with Gasteiger partial charge in [0.05, 0.1) is 29.2 Å². The highest BCUT2D eigenvalue weighted by atomic mass is 32.2. The molecule has 1 spiro atoms. The van der Waals surface area contributed by atoms with E-state index in [0.717, 1.165) is 60.1 Å². The minimum absolute atomic E-state index is 0.0761. The van der Waals surface area contributed by atoms with Crippen LogP contribution in [-0.2, 0) is 27.1 Å². The van der Waals surface area contributed by atoms with Crippen LogP contribution in [0.5, 0.6) is 0 Å². The molecule has 0 saturated heterocycles. The lowest BCUT2D eigenvalue weighted by Crippen LogP contribution is -2.51. The van der Waals surface area contributed by atoms with Crippen LogP contribution in [0.1, 0.15) is 114 Å². The molecule has 0 N–H and O–H groups in total. The molecule has 1 aliphatic heterocycles. The van der Waals surface area contributed by atoms with Gasteiger partial charge in [0.15, 0.2) is 0 Å². The Labute approximate surface area is 384 Å². The zero-order chi connectivity index (χ0) is 45.3. The minimum Gasteiger partial charge on any atom is -0.317 e. The van der Waals surface area contributed by atoms with E-state index >= 15 is 0 Å². The molecular formula is C60H55N3S. The Morgan fingerprint density at radius 3 is 1.45 bits per heavy atom. The SMILES string of the molecule is [C-]#[N+]c1c(C)c2c(c(C#N)c1N1c3ccc(-c4ccccc4)cc3Sc3cc(-c4ccccc4)ccc31)C(C)(C)C1(c3cc(C(C)(C)C)ccc3-c3ccc(C(C)(C)C)cc31)C2(C)C. The van der Waals surface area contributed by atoms with Crippen LogP contribution < -0.4 is 4.90 Å². The molecule has 2 aliphatic carbocycles. The summed E-state index contributed by atoms with van der Waals surface area (Å²) in [6.45, 7) is 34.6. The highest BCUT2D eigenvalue weighted by molar-refractivity contribution is 7.99. The predicted molar refractivity (Wildman–Crippen MR) is 268 cm³/mol. The molecule has 64 heavy (non-hydrogen) atoms. The van der Waals surface area contributed by atoms with Crippen LogP contribution in [0, 0.1) is 24.8 Å². The van der Waals surface area contributed by atoms with E-state index in [9.17, 15) is 5.26 Å². The molecule has 3 aliphatic rings. The van der Waals surface area contributed by atoms with Gasteiger partial charge >= 0.3 is 0 Å². The molecule has 0 fully saturated rings. The molecule has 7 aromatic rings. The Morgan fingerprint density at radius 1 is 0.578 bits per heavy atom. The maximum absolute atomic E-state index is 11.9. The highest BCUT2D eigenvalue weighted by Gasteiger charge is 2.68. The number of benzene rings is 7. The first-order valence-electron chi connectivity index (χ1n) is 22.5. The number of rotatable bonds is 3. The molecule has 316 valence electrons. The third-order valence-electron chi connectivity index (χ3n) is 15.0. The van der Waals surface area contributed by atoms with Crippen molar-refractivity contribution in [2.75, 3.05) is 4.90 Å². The Morgan fingerprint density at radius 2 is 1.03 bits per heavy atom. The Bertz CT molecular complexity index is 3030. The molecule has 7 aromatic carbocycles. The molecule has 0 unspecified atom stereocenters. The van der Waals surface area contributed by atoms with E-state index in [1.807, 2.05) is 12.1 Å². The summed E-state index contributed by atoms with van der Waals surface area (Å²) in [5, 5.41) is 11.9. The molecule has 0 bridgehead atoms. The topological polar surface area (TPSA) is 31.4 Å². The van der Waals surface area contributed by atoms with Gasteiger partial charge in [-0.1, -0.05) is 190 Å². The lowest BCUT2D eigenvalue weighted by Gasteiger charge is -2.50. The first-order chi connectivity index (χ1) is 30.4. The second kappa shape index (κ2) is 14.1. The van der Waals surface area contributed by atoms with Crippen molar-refractivity contribution in [2.45, 2.75) is 113 Å². The standard InChI is InChI=1S/C60H55N3S/c1-36-52-53(59(10,11)60(58(52,8)9)46-33-41(56(2,3)4)25-27-43(46)44-28-26-42(34-47(44)60)57(5,6)7)45(35-61)55(54(36)62-12)63-48-29-23-39(37-19-15-13-16-20-37)31-50(48)64-51-32-40(24-30-49(51)63)38-21-17-14-18-22-38/h13-34H,1-11H3. The molecular weight excluding hydrogens is 795 g/mol. The van der Waals surface area contributed by atoms with E-state index < -0.39 is 16.2 Å². The molecule has 10 rings (SSSR count). The van der Waals surface area contributed by atoms with E-state index in [2.05, 4.69) is 213 Å². The molecule has 0 aromatic heterocycles. The molecule has 4 heteroatoms. The second-order valence-corrected chi connectivity index (χ2v) is 22.3. The molecule has 0 atom stereocenters. The van der Waals surface area contributed by atoms with Gasteiger partial charge in [-0.3, -0.25) is 0 Å². The summed E-state index contributed by atoms with van der Waals surface area (Å²) in [7, 11) is 0. The number of hydrogen-bond donors (Lipinski definition) is 0. The van der Waals surface area contributed by atoms with Gasteiger partial charge in [0.25, 0.3) is 0 Å². The van der Waals surface area contributed by atoms with Gasteiger partial charge in [0.2, 0.25) is 5.69 Å². The summed E-state index contributed by atoms with van der Waals surface area (Å²) in [6.07, 6.45) is 0. The maximum atomic E-state index is 11.9. The minimum atomic E-state index is -0.603. The number of nitrogens with zero attached hydrogens (tertiary/aromatic N) is 3. The van der Waals surface area contributed by atoms with Crippen molar-refractivity contribution in [3.63, 3.8) is 0 Å². The largest absolute Gasteiger partial charge is 0.317 e. The van der Waals surface area contributed by atoms with Gasteiger partial charge in [-0.25, -0.2) is 4.85 Å². The molecule has 0 saturated carbocycles. The van der Waals surface area contributed by atoms with Crippen LogP contribution in [0.3, 0.4) is 0 Å². The summed E-state index contributed by atoms with van der Waals surface area (Å²) in [6, 6.07) is 51.5. The van der Waals surface area contributed by atoms with E-state index in [1.54, 1.807) is 11.8 Å². The van der Waals surface area contributed by atoms with Gasteiger partial charge in [-0.15, -0.1) is 0 Å². The molecule has 3 nitrogen and oxygen atoms in total. The monoisotopic (exact) mass is 849 g/mol. The fourth-order valence-electron chi connectivity index (χ4n) is 12.1.